The molecule has 0 saturated heterocycles. The summed E-state index contributed by atoms with van der Waals surface area (Å²) in [5, 5.41) is 11.2. The highest BCUT2D eigenvalue weighted by Crippen LogP contribution is 2.29. The SMILES string of the molecule is CCOc1ccc(C(=O)Oc2ccc(-c3nc4ccccc4[nH]3)cc2)cc1[N+](=O)[O-]. The van der Waals surface area contributed by atoms with Crippen LogP contribution in [0.4, 0.5) is 5.69 Å². The highest BCUT2D eigenvalue weighted by atomic mass is 16.6. The van der Waals surface area contributed by atoms with E-state index in [2.05, 4.69) is 9.97 Å². The van der Waals surface area contributed by atoms with Gasteiger partial charge in [0.1, 0.15) is 11.6 Å². The van der Waals surface area contributed by atoms with Gasteiger partial charge in [-0.05, 0) is 55.5 Å². The Bertz CT molecular complexity index is 1200. The van der Waals surface area contributed by atoms with Gasteiger partial charge in [0.25, 0.3) is 0 Å². The van der Waals surface area contributed by atoms with Crippen molar-refractivity contribution in [2.75, 3.05) is 6.61 Å². The molecule has 1 aromatic heterocycles. The van der Waals surface area contributed by atoms with Crippen LogP contribution in [0.1, 0.15) is 17.3 Å². The number of aromatic amines is 1. The van der Waals surface area contributed by atoms with Crippen LogP contribution in [-0.4, -0.2) is 27.5 Å². The summed E-state index contributed by atoms with van der Waals surface area (Å²) >= 11 is 0. The van der Waals surface area contributed by atoms with Crippen LogP contribution in [0, 0.1) is 10.1 Å². The van der Waals surface area contributed by atoms with Gasteiger partial charge in [0, 0.05) is 11.6 Å². The number of hydrogen-bond acceptors (Lipinski definition) is 6. The highest BCUT2D eigenvalue weighted by molar-refractivity contribution is 5.92. The van der Waals surface area contributed by atoms with Gasteiger partial charge in [-0.3, -0.25) is 10.1 Å². The van der Waals surface area contributed by atoms with Crippen molar-refractivity contribution in [2.45, 2.75) is 6.92 Å². The molecule has 8 heteroatoms. The Kier molecular flexibility index (Phi) is 5.13. The van der Waals surface area contributed by atoms with Crippen molar-refractivity contribution in [1.82, 2.24) is 9.97 Å². The second kappa shape index (κ2) is 8.04. The van der Waals surface area contributed by atoms with E-state index < -0.39 is 10.9 Å². The summed E-state index contributed by atoms with van der Waals surface area (Å²) in [4.78, 5) is 30.8. The summed E-state index contributed by atoms with van der Waals surface area (Å²) in [6.07, 6.45) is 0. The number of benzene rings is 3. The fourth-order valence-corrected chi connectivity index (χ4v) is 3.00. The third kappa shape index (κ3) is 3.83. The van der Waals surface area contributed by atoms with Gasteiger partial charge < -0.3 is 14.5 Å². The summed E-state index contributed by atoms with van der Waals surface area (Å²) in [6.45, 7) is 2.00. The van der Waals surface area contributed by atoms with Crippen molar-refractivity contribution in [3.8, 4) is 22.9 Å². The van der Waals surface area contributed by atoms with Crippen LogP contribution in [0.2, 0.25) is 0 Å². The Balaban J connectivity index is 1.52. The van der Waals surface area contributed by atoms with Crippen molar-refractivity contribution in [2.24, 2.45) is 0 Å². The van der Waals surface area contributed by atoms with Crippen LogP contribution in [0.5, 0.6) is 11.5 Å². The molecule has 0 radical (unpaired) electrons. The molecular weight excluding hydrogens is 386 g/mol. The second-order valence-electron chi connectivity index (χ2n) is 6.39. The quantitative estimate of drug-likeness (QED) is 0.215. The van der Waals surface area contributed by atoms with Gasteiger partial charge in [-0.15, -0.1) is 0 Å². The number of nitrogens with one attached hydrogen (secondary N) is 1. The van der Waals surface area contributed by atoms with Crippen molar-refractivity contribution in [1.29, 1.82) is 0 Å². The van der Waals surface area contributed by atoms with Crippen LogP contribution < -0.4 is 9.47 Å². The molecule has 150 valence electrons. The van der Waals surface area contributed by atoms with Gasteiger partial charge in [-0.2, -0.15) is 0 Å². The highest BCUT2D eigenvalue weighted by Gasteiger charge is 2.20. The van der Waals surface area contributed by atoms with Crippen molar-refractivity contribution < 1.29 is 19.2 Å². The summed E-state index contributed by atoms with van der Waals surface area (Å²) in [6, 6.07) is 18.5. The average Bonchev–Trinajstić information content (AvgIpc) is 3.19. The first-order valence-electron chi connectivity index (χ1n) is 9.23. The fourth-order valence-electron chi connectivity index (χ4n) is 3.00. The van der Waals surface area contributed by atoms with E-state index in [0.29, 0.717) is 11.6 Å². The number of hydrogen-bond donors (Lipinski definition) is 1. The van der Waals surface area contributed by atoms with Gasteiger partial charge >= 0.3 is 11.7 Å². The summed E-state index contributed by atoms with van der Waals surface area (Å²) in [7, 11) is 0. The standard InChI is InChI=1S/C22H17N3O5/c1-2-29-20-12-9-15(13-19(20)25(27)28)22(26)30-16-10-7-14(8-11-16)21-23-17-5-3-4-6-18(17)24-21/h3-13H,2H2,1H3,(H,23,24). The molecule has 0 fully saturated rings. The predicted molar refractivity (Wildman–Crippen MR) is 111 cm³/mol. The maximum absolute atomic E-state index is 12.4. The Hall–Kier alpha value is -4.20. The normalized spacial score (nSPS) is 10.7. The smallest absolute Gasteiger partial charge is 0.343 e. The number of rotatable bonds is 6. The summed E-state index contributed by atoms with van der Waals surface area (Å²) in [5.74, 6) is 0.430. The largest absolute Gasteiger partial charge is 0.487 e. The molecule has 4 aromatic rings. The third-order valence-electron chi connectivity index (χ3n) is 4.42. The first-order valence-corrected chi connectivity index (χ1v) is 9.23. The van der Waals surface area contributed by atoms with E-state index in [0.717, 1.165) is 22.7 Å². The number of aromatic nitrogens is 2. The monoisotopic (exact) mass is 403 g/mol. The van der Waals surface area contributed by atoms with Gasteiger partial charge in [0.05, 0.1) is 28.1 Å². The molecule has 0 amide bonds. The number of nitrogens with zero attached hydrogens (tertiary/aromatic N) is 2. The van der Waals surface area contributed by atoms with Crippen molar-refractivity contribution in [3.63, 3.8) is 0 Å². The van der Waals surface area contributed by atoms with Crippen LogP contribution >= 0.6 is 0 Å². The Labute approximate surface area is 171 Å². The number of H-pyrrole nitrogens is 1. The predicted octanol–water partition coefficient (Wildman–Crippen LogP) is 4.76. The molecule has 0 aliphatic rings. The molecule has 3 aromatic carbocycles. The number of esters is 1. The van der Waals surface area contributed by atoms with E-state index in [1.54, 1.807) is 31.2 Å². The lowest BCUT2D eigenvalue weighted by Gasteiger charge is -2.07. The van der Waals surface area contributed by atoms with E-state index in [1.165, 1.54) is 12.1 Å². The molecule has 30 heavy (non-hydrogen) atoms. The molecular formula is C22H17N3O5. The second-order valence-corrected chi connectivity index (χ2v) is 6.39. The lowest BCUT2D eigenvalue weighted by molar-refractivity contribution is -0.385. The fraction of sp³-hybridized carbons (Fsp3) is 0.0909. The van der Waals surface area contributed by atoms with Crippen molar-refractivity contribution in [3.05, 3.63) is 82.4 Å². The first kappa shape index (κ1) is 19.1. The number of imidazole rings is 1. The van der Waals surface area contributed by atoms with E-state index in [1.807, 2.05) is 24.3 Å². The molecule has 4 rings (SSSR count). The maximum Gasteiger partial charge on any atom is 0.343 e. The molecule has 8 nitrogen and oxygen atoms in total. The minimum absolute atomic E-state index is 0.0616. The molecule has 1 N–H and O–H groups in total. The Morgan fingerprint density at radius 3 is 2.57 bits per heavy atom. The van der Waals surface area contributed by atoms with Gasteiger partial charge in [0.15, 0.2) is 5.75 Å². The molecule has 0 atom stereocenters. The number of ether oxygens (including phenoxy) is 2. The minimum Gasteiger partial charge on any atom is -0.487 e. The van der Waals surface area contributed by atoms with Crippen LogP contribution in [0.25, 0.3) is 22.4 Å². The summed E-state index contributed by atoms with van der Waals surface area (Å²) < 4.78 is 10.6. The third-order valence-corrected chi connectivity index (χ3v) is 4.42. The zero-order chi connectivity index (χ0) is 21.1. The lowest BCUT2D eigenvalue weighted by Crippen LogP contribution is -2.09. The van der Waals surface area contributed by atoms with E-state index in [4.69, 9.17) is 9.47 Å². The number of nitro groups is 1. The van der Waals surface area contributed by atoms with Crippen molar-refractivity contribution >= 4 is 22.7 Å². The lowest BCUT2D eigenvalue weighted by atomic mass is 10.2. The number of para-hydroxylation sites is 2. The molecule has 0 bridgehead atoms. The molecule has 0 saturated carbocycles. The van der Waals surface area contributed by atoms with Gasteiger partial charge in [0.2, 0.25) is 0 Å². The van der Waals surface area contributed by atoms with E-state index in [-0.39, 0.29) is 23.6 Å². The number of nitro benzene ring substituents is 1. The number of carbonyl (C=O) groups excluding carboxylic acids is 1. The molecule has 1 heterocycles. The molecule has 0 aliphatic carbocycles. The first-order chi connectivity index (χ1) is 14.5. The van der Waals surface area contributed by atoms with E-state index >= 15 is 0 Å². The van der Waals surface area contributed by atoms with E-state index in [9.17, 15) is 14.9 Å². The average molecular weight is 403 g/mol. The molecule has 0 unspecified atom stereocenters. The van der Waals surface area contributed by atoms with Gasteiger partial charge in [-0.25, -0.2) is 9.78 Å². The topological polar surface area (TPSA) is 107 Å². The summed E-state index contributed by atoms with van der Waals surface area (Å²) in [5.41, 5.74) is 2.40. The van der Waals surface area contributed by atoms with Crippen LogP contribution in [0.3, 0.4) is 0 Å². The zero-order valence-corrected chi connectivity index (χ0v) is 16.0. The Morgan fingerprint density at radius 1 is 1.10 bits per heavy atom. The number of fused-ring (bicyclic) bond motifs is 1. The van der Waals surface area contributed by atoms with Crippen LogP contribution in [0.15, 0.2) is 66.7 Å². The Morgan fingerprint density at radius 2 is 1.87 bits per heavy atom. The molecule has 0 aliphatic heterocycles. The minimum atomic E-state index is -0.697. The molecule has 0 spiro atoms. The van der Waals surface area contributed by atoms with Crippen LogP contribution in [-0.2, 0) is 0 Å². The maximum atomic E-state index is 12.4. The number of carbonyl (C=O) groups is 1. The zero-order valence-electron chi connectivity index (χ0n) is 16.0. The van der Waals surface area contributed by atoms with Gasteiger partial charge in [-0.1, -0.05) is 12.1 Å².